The molecule has 3 aromatic rings. The van der Waals surface area contributed by atoms with Crippen molar-refractivity contribution in [3.05, 3.63) is 77.3 Å². The SMILES string of the molecule is CN=C(NCc1csc(-c2ccccc2)n1)NCC1CC(=O)N(CCc2ccccc2)C1.I. The van der Waals surface area contributed by atoms with Crippen LogP contribution in [0, 0.1) is 5.92 Å². The first-order valence-corrected chi connectivity index (χ1v) is 11.9. The van der Waals surface area contributed by atoms with Gasteiger partial charge < -0.3 is 15.5 Å². The maximum atomic E-state index is 12.4. The maximum absolute atomic E-state index is 12.4. The van der Waals surface area contributed by atoms with Crippen LogP contribution < -0.4 is 10.6 Å². The smallest absolute Gasteiger partial charge is 0.223 e. The van der Waals surface area contributed by atoms with E-state index >= 15 is 0 Å². The quantitative estimate of drug-likeness (QED) is 0.240. The topological polar surface area (TPSA) is 69.6 Å². The van der Waals surface area contributed by atoms with Gasteiger partial charge in [0, 0.05) is 50.0 Å². The highest BCUT2D eigenvalue weighted by Gasteiger charge is 2.29. The Balaban J connectivity index is 0.00000306. The van der Waals surface area contributed by atoms with Crippen molar-refractivity contribution in [2.75, 3.05) is 26.7 Å². The molecule has 1 saturated heterocycles. The molecule has 4 rings (SSSR count). The van der Waals surface area contributed by atoms with Gasteiger partial charge in [-0.15, -0.1) is 35.3 Å². The second kappa shape index (κ2) is 12.7. The third kappa shape index (κ3) is 7.26. The van der Waals surface area contributed by atoms with Crippen molar-refractivity contribution >= 4 is 47.2 Å². The van der Waals surface area contributed by atoms with E-state index in [0.717, 1.165) is 48.3 Å². The first kappa shape index (κ1) is 25.2. The van der Waals surface area contributed by atoms with Gasteiger partial charge in [-0.1, -0.05) is 60.7 Å². The van der Waals surface area contributed by atoms with E-state index in [1.807, 2.05) is 41.3 Å². The molecule has 2 N–H and O–H groups in total. The van der Waals surface area contributed by atoms with Crippen LogP contribution in [0.4, 0.5) is 0 Å². The average Bonchev–Trinajstić information content (AvgIpc) is 3.45. The summed E-state index contributed by atoms with van der Waals surface area (Å²) in [6, 6.07) is 20.5. The van der Waals surface area contributed by atoms with E-state index in [1.54, 1.807) is 18.4 Å². The number of thiazole rings is 1. The van der Waals surface area contributed by atoms with Gasteiger partial charge >= 0.3 is 0 Å². The molecule has 1 aromatic heterocycles. The Bertz CT molecular complexity index is 1040. The Hall–Kier alpha value is -2.46. The number of nitrogens with one attached hydrogen (secondary N) is 2. The summed E-state index contributed by atoms with van der Waals surface area (Å²) < 4.78 is 0. The summed E-state index contributed by atoms with van der Waals surface area (Å²) >= 11 is 1.64. The van der Waals surface area contributed by atoms with Crippen LogP contribution in [0.1, 0.15) is 17.7 Å². The number of carbonyl (C=O) groups is 1. The van der Waals surface area contributed by atoms with Gasteiger partial charge in [0.1, 0.15) is 5.01 Å². The zero-order valence-electron chi connectivity index (χ0n) is 18.7. The van der Waals surface area contributed by atoms with Crippen LogP contribution in [0.3, 0.4) is 0 Å². The monoisotopic (exact) mass is 575 g/mol. The number of likely N-dealkylation sites (tertiary alicyclic amines) is 1. The number of benzene rings is 2. The minimum atomic E-state index is 0. The molecule has 1 unspecified atom stereocenters. The minimum absolute atomic E-state index is 0. The molecule has 1 amide bonds. The van der Waals surface area contributed by atoms with Crippen molar-refractivity contribution in [2.45, 2.75) is 19.4 Å². The third-order valence-corrected chi connectivity index (χ3v) is 6.54. The molecule has 0 spiro atoms. The lowest BCUT2D eigenvalue weighted by molar-refractivity contribution is -0.127. The lowest BCUT2D eigenvalue weighted by Gasteiger charge is -2.17. The Morgan fingerprint density at radius 1 is 1.12 bits per heavy atom. The highest BCUT2D eigenvalue weighted by molar-refractivity contribution is 14.0. The molecule has 33 heavy (non-hydrogen) atoms. The van der Waals surface area contributed by atoms with Gasteiger partial charge in [0.05, 0.1) is 12.2 Å². The maximum Gasteiger partial charge on any atom is 0.223 e. The lowest BCUT2D eigenvalue weighted by Crippen LogP contribution is -2.40. The molecule has 1 aliphatic rings. The molecule has 1 fully saturated rings. The lowest BCUT2D eigenvalue weighted by atomic mass is 10.1. The van der Waals surface area contributed by atoms with Crippen LogP contribution in [0.25, 0.3) is 10.6 Å². The fourth-order valence-electron chi connectivity index (χ4n) is 3.85. The Morgan fingerprint density at radius 2 is 1.85 bits per heavy atom. The van der Waals surface area contributed by atoms with E-state index < -0.39 is 0 Å². The van der Waals surface area contributed by atoms with E-state index in [9.17, 15) is 4.79 Å². The minimum Gasteiger partial charge on any atom is -0.356 e. The molecular formula is C25H30IN5OS. The number of halogens is 1. The number of hydrogen-bond donors (Lipinski definition) is 2. The Morgan fingerprint density at radius 3 is 2.58 bits per heavy atom. The largest absolute Gasteiger partial charge is 0.356 e. The molecular weight excluding hydrogens is 545 g/mol. The van der Waals surface area contributed by atoms with Crippen LogP contribution in [0.5, 0.6) is 0 Å². The number of aliphatic imine (C=N–C) groups is 1. The molecule has 2 heterocycles. The molecule has 174 valence electrons. The number of guanidine groups is 1. The van der Waals surface area contributed by atoms with Crippen LogP contribution in [-0.2, 0) is 17.8 Å². The van der Waals surface area contributed by atoms with Crippen molar-refractivity contribution < 1.29 is 4.79 Å². The van der Waals surface area contributed by atoms with Gasteiger partial charge in [-0.3, -0.25) is 9.79 Å². The van der Waals surface area contributed by atoms with E-state index in [1.165, 1.54) is 5.56 Å². The molecule has 0 saturated carbocycles. The summed E-state index contributed by atoms with van der Waals surface area (Å²) in [6.07, 6.45) is 1.49. The van der Waals surface area contributed by atoms with E-state index in [-0.39, 0.29) is 29.9 Å². The number of rotatable bonds is 8. The fraction of sp³-hybridized carbons (Fsp3) is 0.320. The van der Waals surface area contributed by atoms with Gasteiger partial charge in [-0.05, 0) is 12.0 Å². The zero-order valence-corrected chi connectivity index (χ0v) is 21.9. The van der Waals surface area contributed by atoms with E-state index in [0.29, 0.717) is 18.9 Å². The Kier molecular flexibility index (Phi) is 9.68. The summed E-state index contributed by atoms with van der Waals surface area (Å²) in [5.41, 5.74) is 3.39. The second-order valence-corrected chi connectivity index (χ2v) is 8.82. The van der Waals surface area contributed by atoms with Gasteiger partial charge in [0.25, 0.3) is 0 Å². The summed E-state index contributed by atoms with van der Waals surface area (Å²) in [5.74, 6) is 1.27. The summed E-state index contributed by atoms with van der Waals surface area (Å²) in [7, 11) is 1.76. The first-order valence-electron chi connectivity index (χ1n) is 11.0. The Labute approximate surface area is 216 Å². The van der Waals surface area contributed by atoms with E-state index in [2.05, 4.69) is 45.3 Å². The van der Waals surface area contributed by atoms with Crippen LogP contribution in [0.15, 0.2) is 71.0 Å². The van der Waals surface area contributed by atoms with Crippen molar-refractivity contribution in [1.82, 2.24) is 20.5 Å². The first-order chi connectivity index (χ1) is 15.7. The molecule has 6 nitrogen and oxygen atoms in total. The third-order valence-electron chi connectivity index (χ3n) is 5.60. The molecule has 1 atom stereocenters. The van der Waals surface area contributed by atoms with Crippen molar-refractivity contribution in [1.29, 1.82) is 0 Å². The predicted octanol–water partition coefficient (Wildman–Crippen LogP) is 4.18. The van der Waals surface area contributed by atoms with Crippen LogP contribution >= 0.6 is 35.3 Å². The molecule has 1 aliphatic heterocycles. The van der Waals surface area contributed by atoms with Crippen LogP contribution in [0.2, 0.25) is 0 Å². The van der Waals surface area contributed by atoms with Crippen molar-refractivity contribution in [3.63, 3.8) is 0 Å². The highest BCUT2D eigenvalue weighted by Crippen LogP contribution is 2.23. The summed E-state index contributed by atoms with van der Waals surface area (Å²) in [5, 5.41) is 9.79. The molecule has 0 bridgehead atoms. The molecule has 2 aromatic carbocycles. The number of aromatic nitrogens is 1. The van der Waals surface area contributed by atoms with Gasteiger partial charge in [0.15, 0.2) is 5.96 Å². The number of amides is 1. The zero-order chi connectivity index (χ0) is 22.2. The number of nitrogens with zero attached hydrogens (tertiary/aromatic N) is 3. The number of carbonyl (C=O) groups excluding carboxylic acids is 1. The highest BCUT2D eigenvalue weighted by atomic mass is 127. The summed E-state index contributed by atoms with van der Waals surface area (Å²) in [4.78, 5) is 23.4. The molecule has 0 aliphatic carbocycles. The fourth-order valence-corrected chi connectivity index (χ4v) is 4.68. The van der Waals surface area contributed by atoms with Gasteiger partial charge in [-0.25, -0.2) is 4.98 Å². The van der Waals surface area contributed by atoms with E-state index in [4.69, 9.17) is 4.98 Å². The average molecular weight is 576 g/mol. The number of hydrogen-bond acceptors (Lipinski definition) is 4. The van der Waals surface area contributed by atoms with Crippen molar-refractivity contribution in [2.24, 2.45) is 10.9 Å². The predicted molar refractivity (Wildman–Crippen MR) is 146 cm³/mol. The van der Waals surface area contributed by atoms with Gasteiger partial charge in [0.2, 0.25) is 5.91 Å². The second-order valence-electron chi connectivity index (χ2n) is 7.96. The van der Waals surface area contributed by atoms with Gasteiger partial charge in [-0.2, -0.15) is 0 Å². The normalized spacial score (nSPS) is 15.9. The standard InChI is InChI=1S/C25H29N5OS.HI/c1-26-25(28-16-22-18-32-24(29-22)21-10-6-3-7-11-21)27-15-20-14-23(31)30(17-20)13-12-19-8-4-2-5-9-19;/h2-11,18,20H,12-17H2,1H3,(H2,26,27,28);1H. The van der Waals surface area contributed by atoms with Crippen LogP contribution in [-0.4, -0.2) is 48.4 Å². The van der Waals surface area contributed by atoms with Crippen molar-refractivity contribution in [3.8, 4) is 10.6 Å². The summed E-state index contributed by atoms with van der Waals surface area (Å²) in [6.45, 7) is 2.90. The molecule has 8 heteroatoms. The molecule has 0 radical (unpaired) electrons.